The molecule has 3 rings (SSSR count). The summed E-state index contributed by atoms with van der Waals surface area (Å²) in [4.78, 5) is 4.31. The molecule has 0 aliphatic rings. The van der Waals surface area contributed by atoms with Gasteiger partial charge in [-0.2, -0.15) is 13.2 Å². The number of sulfone groups is 1. The second kappa shape index (κ2) is 7.17. The number of rotatable bonds is 4. The fourth-order valence-electron chi connectivity index (χ4n) is 2.57. The second-order valence-corrected chi connectivity index (χ2v) is 9.46. The number of imidazole rings is 1. The van der Waals surface area contributed by atoms with Crippen molar-refractivity contribution in [1.82, 2.24) is 9.55 Å². The van der Waals surface area contributed by atoms with Gasteiger partial charge in [0.15, 0.2) is 15.5 Å². The Kier molecular flexibility index (Phi) is 5.20. The molecule has 0 amide bonds. The Morgan fingerprint density at radius 1 is 1.00 bits per heavy atom. The third kappa shape index (κ3) is 4.17. The number of hydrogen-bond donors (Lipinski definition) is 0. The first-order valence-corrected chi connectivity index (χ1v) is 11.3. The number of halogens is 3. The molecule has 10 heteroatoms. The Balaban J connectivity index is 2.14. The summed E-state index contributed by atoms with van der Waals surface area (Å²) in [5.74, 6) is 0.0351. The number of aromatic nitrogens is 2. The Morgan fingerprint density at radius 2 is 1.57 bits per heavy atom. The molecule has 1 aromatic heterocycles. The largest absolute Gasteiger partial charge is 0.434 e. The minimum absolute atomic E-state index is 0.0351. The van der Waals surface area contributed by atoms with E-state index in [-0.39, 0.29) is 10.7 Å². The van der Waals surface area contributed by atoms with Gasteiger partial charge in [-0.3, -0.25) is 8.78 Å². The van der Waals surface area contributed by atoms with Gasteiger partial charge in [-0.25, -0.2) is 13.4 Å². The number of hydrogen-bond acceptors (Lipinski definition) is 4. The number of benzene rings is 2. The highest BCUT2D eigenvalue weighted by atomic mass is 32.2. The molecule has 0 fully saturated rings. The molecular weight excluding hydrogens is 413 g/mol. The maximum Gasteiger partial charge on any atom is 0.434 e. The van der Waals surface area contributed by atoms with Crippen LogP contribution in [0.4, 0.5) is 13.2 Å². The van der Waals surface area contributed by atoms with Crippen molar-refractivity contribution in [2.75, 3.05) is 12.5 Å². The van der Waals surface area contributed by atoms with Crippen LogP contribution in [0.5, 0.6) is 0 Å². The van der Waals surface area contributed by atoms with Gasteiger partial charge in [0.2, 0.25) is 0 Å². The first-order valence-electron chi connectivity index (χ1n) is 7.88. The summed E-state index contributed by atoms with van der Waals surface area (Å²) in [6.07, 6.45) is -1.24. The first kappa shape index (κ1) is 20.3. The molecule has 0 N–H and O–H groups in total. The van der Waals surface area contributed by atoms with Gasteiger partial charge in [0.1, 0.15) is 5.82 Å². The van der Waals surface area contributed by atoms with Gasteiger partial charge in [-0.15, -0.1) is 0 Å². The highest BCUT2D eigenvalue weighted by Crippen LogP contribution is 2.33. The smallest absolute Gasteiger partial charge is 0.299 e. The molecule has 0 saturated carbocycles. The average Bonchev–Trinajstić information content (AvgIpc) is 3.07. The van der Waals surface area contributed by atoms with Crippen LogP contribution in [0.1, 0.15) is 5.69 Å². The van der Waals surface area contributed by atoms with Crippen molar-refractivity contribution in [3.05, 3.63) is 60.4 Å². The molecule has 0 aliphatic heterocycles. The lowest BCUT2D eigenvalue weighted by Gasteiger charge is -2.09. The van der Waals surface area contributed by atoms with E-state index in [1.165, 1.54) is 35.1 Å². The zero-order chi connectivity index (χ0) is 20.7. The van der Waals surface area contributed by atoms with Gasteiger partial charge < -0.3 is 0 Å². The molecule has 0 radical (unpaired) electrons. The van der Waals surface area contributed by atoms with Crippen LogP contribution in [-0.2, 0) is 26.8 Å². The van der Waals surface area contributed by atoms with Gasteiger partial charge in [-0.1, -0.05) is 12.1 Å². The highest BCUT2D eigenvalue weighted by Gasteiger charge is 2.35. The molecule has 5 nitrogen and oxygen atoms in total. The van der Waals surface area contributed by atoms with E-state index in [2.05, 4.69) is 4.98 Å². The predicted octanol–water partition coefficient (Wildman–Crippen LogP) is 3.70. The van der Waals surface area contributed by atoms with Crippen LogP contribution in [-0.4, -0.2) is 34.7 Å². The second-order valence-electron chi connectivity index (χ2n) is 6.06. The Bertz CT molecular complexity index is 1130. The zero-order valence-corrected chi connectivity index (χ0v) is 16.4. The van der Waals surface area contributed by atoms with E-state index in [0.717, 1.165) is 12.5 Å². The summed E-state index contributed by atoms with van der Waals surface area (Å²) in [5.41, 5.74) is -0.344. The zero-order valence-electron chi connectivity index (χ0n) is 14.8. The summed E-state index contributed by atoms with van der Waals surface area (Å²) in [6.45, 7) is 0. The van der Waals surface area contributed by atoms with Crippen molar-refractivity contribution in [2.45, 2.75) is 16.0 Å². The lowest BCUT2D eigenvalue weighted by Crippen LogP contribution is -2.05. The van der Waals surface area contributed by atoms with E-state index < -0.39 is 32.5 Å². The van der Waals surface area contributed by atoms with Crippen molar-refractivity contribution < 1.29 is 25.8 Å². The molecule has 28 heavy (non-hydrogen) atoms. The van der Waals surface area contributed by atoms with Crippen molar-refractivity contribution >= 4 is 20.6 Å². The predicted molar refractivity (Wildman–Crippen MR) is 99.4 cm³/mol. The van der Waals surface area contributed by atoms with Crippen LogP contribution >= 0.6 is 0 Å². The number of nitrogens with zero attached hydrogens (tertiary/aromatic N) is 2. The van der Waals surface area contributed by atoms with E-state index in [1.54, 1.807) is 24.3 Å². The van der Waals surface area contributed by atoms with E-state index in [9.17, 15) is 25.8 Å². The van der Waals surface area contributed by atoms with Gasteiger partial charge in [0.05, 0.1) is 4.90 Å². The molecule has 0 bridgehead atoms. The van der Waals surface area contributed by atoms with Crippen LogP contribution in [0.25, 0.3) is 17.1 Å². The topological polar surface area (TPSA) is 69.0 Å². The molecule has 1 atom stereocenters. The lowest BCUT2D eigenvalue weighted by atomic mass is 10.2. The van der Waals surface area contributed by atoms with E-state index >= 15 is 0 Å². The van der Waals surface area contributed by atoms with Crippen LogP contribution in [0.3, 0.4) is 0 Å². The maximum atomic E-state index is 13.2. The quantitative estimate of drug-likeness (QED) is 0.636. The first-order chi connectivity index (χ1) is 13.0. The summed E-state index contributed by atoms with van der Waals surface area (Å²) < 4.78 is 75.6. The van der Waals surface area contributed by atoms with Crippen molar-refractivity contribution in [2.24, 2.45) is 0 Å². The Labute approximate surface area is 162 Å². The molecule has 3 aromatic rings. The molecule has 0 aliphatic carbocycles. The van der Waals surface area contributed by atoms with Crippen molar-refractivity contribution in [3.8, 4) is 17.1 Å². The molecule has 0 spiro atoms. The Hall–Kier alpha value is -2.46. The minimum atomic E-state index is -4.64. The Morgan fingerprint density at radius 3 is 2.04 bits per heavy atom. The molecule has 2 aromatic carbocycles. The summed E-state index contributed by atoms with van der Waals surface area (Å²) in [5, 5.41) is 0. The molecule has 0 saturated heterocycles. The van der Waals surface area contributed by atoms with Crippen LogP contribution in [0.15, 0.2) is 64.5 Å². The van der Waals surface area contributed by atoms with E-state index in [0.29, 0.717) is 16.1 Å². The van der Waals surface area contributed by atoms with E-state index in [1.807, 2.05) is 0 Å². The highest BCUT2D eigenvalue weighted by molar-refractivity contribution is 7.90. The molecule has 1 unspecified atom stereocenters. The fraction of sp³-hybridized carbons (Fsp3) is 0.167. The third-order valence-electron chi connectivity index (χ3n) is 3.98. The average molecular weight is 428 g/mol. The van der Waals surface area contributed by atoms with Gasteiger partial charge in [0, 0.05) is 45.7 Å². The van der Waals surface area contributed by atoms with E-state index in [4.69, 9.17) is 0 Å². The SMILES string of the molecule is CS(=O)c1ccc(-c2nc(C(F)(F)F)cn2-c2ccc(S(C)(=O)=O)cc2)cc1. The summed E-state index contributed by atoms with van der Waals surface area (Å²) in [7, 11) is -4.65. The molecule has 1 heterocycles. The summed E-state index contributed by atoms with van der Waals surface area (Å²) in [6, 6.07) is 11.7. The fourth-order valence-corrected chi connectivity index (χ4v) is 3.72. The normalized spacial score (nSPS) is 13.5. The van der Waals surface area contributed by atoms with Crippen LogP contribution in [0.2, 0.25) is 0 Å². The monoisotopic (exact) mass is 428 g/mol. The maximum absolute atomic E-state index is 13.2. The third-order valence-corrected chi connectivity index (χ3v) is 6.05. The van der Waals surface area contributed by atoms with Gasteiger partial charge in [0.25, 0.3) is 0 Å². The van der Waals surface area contributed by atoms with Crippen molar-refractivity contribution in [1.29, 1.82) is 0 Å². The molecular formula is C18H15F3N2O3S2. The summed E-state index contributed by atoms with van der Waals surface area (Å²) >= 11 is 0. The lowest BCUT2D eigenvalue weighted by molar-refractivity contribution is -0.140. The molecule has 148 valence electrons. The standard InChI is InChI=1S/C18H15F3N2O3S2/c1-27(24)14-7-3-12(4-8-14)17-22-16(18(19,20)21)11-23(17)13-5-9-15(10-6-13)28(2,25)26/h3-11H,1-2H3. The van der Waals surface area contributed by atoms with Gasteiger partial charge >= 0.3 is 6.18 Å². The van der Waals surface area contributed by atoms with Crippen molar-refractivity contribution in [3.63, 3.8) is 0 Å². The van der Waals surface area contributed by atoms with Gasteiger partial charge in [-0.05, 0) is 36.4 Å². The minimum Gasteiger partial charge on any atom is -0.299 e. The number of alkyl halides is 3. The van der Waals surface area contributed by atoms with Crippen LogP contribution < -0.4 is 0 Å². The van der Waals surface area contributed by atoms with Crippen LogP contribution in [0, 0.1) is 0 Å².